The van der Waals surface area contributed by atoms with Gasteiger partial charge < -0.3 is 5.32 Å². The highest BCUT2D eigenvalue weighted by Gasteiger charge is 2.39. The predicted octanol–water partition coefficient (Wildman–Crippen LogP) is 4.23. The van der Waals surface area contributed by atoms with E-state index < -0.39 is 17.6 Å². The van der Waals surface area contributed by atoms with E-state index in [4.69, 9.17) is 0 Å². The minimum absolute atomic E-state index is 0.128. The van der Waals surface area contributed by atoms with Gasteiger partial charge in [0, 0.05) is 18.1 Å². The van der Waals surface area contributed by atoms with Crippen LogP contribution in [0.25, 0.3) is 5.57 Å². The van der Waals surface area contributed by atoms with Gasteiger partial charge >= 0.3 is 0 Å². The van der Waals surface area contributed by atoms with Crippen molar-refractivity contribution in [1.29, 1.82) is 0 Å². The third-order valence-corrected chi connectivity index (χ3v) is 5.17. The number of carbonyl (C=O) groups is 2. The Morgan fingerprint density at radius 1 is 0.900 bits per heavy atom. The minimum atomic E-state index is -0.422. The maximum Gasteiger partial charge on any atom is 0.278 e. The first kappa shape index (κ1) is 19.5. The molecule has 1 aliphatic heterocycles. The SMILES string of the molecule is Cc1ccc(NC2=C(c3ccc(F)cc3)C(=O)N(Cc3ccncc3)C2=O)cc1C. The van der Waals surface area contributed by atoms with Gasteiger partial charge in [-0.05, 0) is 72.5 Å². The van der Waals surface area contributed by atoms with Crippen LogP contribution in [0.2, 0.25) is 0 Å². The van der Waals surface area contributed by atoms with E-state index in [9.17, 15) is 14.0 Å². The molecule has 0 aliphatic carbocycles. The molecular formula is C24H20FN3O2. The maximum absolute atomic E-state index is 13.4. The highest BCUT2D eigenvalue weighted by atomic mass is 19.1. The van der Waals surface area contributed by atoms with Crippen LogP contribution in [0.3, 0.4) is 0 Å². The summed E-state index contributed by atoms with van der Waals surface area (Å²) in [5, 5.41) is 3.13. The Morgan fingerprint density at radius 2 is 1.60 bits per heavy atom. The van der Waals surface area contributed by atoms with Gasteiger partial charge in [-0.15, -0.1) is 0 Å². The number of imide groups is 1. The van der Waals surface area contributed by atoms with Crippen molar-refractivity contribution in [3.8, 4) is 0 Å². The topological polar surface area (TPSA) is 62.3 Å². The molecule has 0 spiro atoms. The van der Waals surface area contributed by atoms with Gasteiger partial charge in [0.05, 0.1) is 12.1 Å². The summed E-state index contributed by atoms with van der Waals surface area (Å²) in [5.74, 6) is -1.25. The van der Waals surface area contributed by atoms with E-state index in [1.54, 1.807) is 24.5 Å². The molecule has 1 aromatic heterocycles. The highest BCUT2D eigenvalue weighted by molar-refractivity contribution is 6.36. The molecule has 0 fully saturated rings. The first-order valence-electron chi connectivity index (χ1n) is 9.53. The van der Waals surface area contributed by atoms with Crippen molar-refractivity contribution < 1.29 is 14.0 Å². The highest BCUT2D eigenvalue weighted by Crippen LogP contribution is 2.32. The Kier molecular flexibility index (Phi) is 5.14. The number of aryl methyl sites for hydroxylation is 2. The van der Waals surface area contributed by atoms with Crippen LogP contribution in [0.4, 0.5) is 10.1 Å². The average Bonchev–Trinajstić information content (AvgIpc) is 2.96. The lowest BCUT2D eigenvalue weighted by Gasteiger charge is -2.15. The molecule has 30 heavy (non-hydrogen) atoms. The molecule has 2 amide bonds. The van der Waals surface area contributed by atoms with Crippen molar-refractivity contribution >= 4 is 23.1 Å². The van der Waals surface area contributed by atoms with Crippen LogP contribution >= 0.6 is 0 Å². The zero-order chi connectivity index (χ0) is 21.3. The van der Waals surface area contributed by atoms with Gasteiger partial charge in [-0.25, -0.2) is 4.39 Å². The van der Waals surface area contributed by atoms with Crippen LogP contribution in [0.15, 0.2) is 72.7 Å². The second kappa shape index (κ2) is 7.91. The number of carbonyl (C=O) groups excluding carboxylic acids is 2. The number of amides is 2. The van der Waals surface area contributed by atoms with Gasteiger partial charge in [0.1, 0.15) is 11.5 Å². The molecule has 2 heterocycles. The van der Waals surface area contributed by atoms with Gasteiger partial charge in [0.25, 0.3) is 11.8 Å². The zero-order valence-electron chi connectivity index (χ0n) is 16.6. The molecular weight excluding hydrogens is 381 g/mol. The number of pyridine rings is 1. The number of nitrogens with one attached hydrogen (secondary N) is 1. The molecule has 3 aromatic rings. The Morgan fingerprint density at radius 3 is 2.27 bits per heavy atom. The molecule has 0 radical (unpaired) electrons. The van der Waals surface area contributed by atoms with E-state index in [1.165, 1.54) is 29.2 Å². The number of nitrogens with zero attached hydrogens (tertiary/aromatic N) is 2. The lowest BCUT2D eigenvalue weighted by Crippen LogP contribution is -2.32. The van der Waals surface area contributed by atoms with Crippen molar-refractivity contribution in [2.45, 2.75) is 20.4 Å². The molecule has 0 atom stereocenters. The van der Waals surface area contributed by atoms with Crippen molar-refractivity contribution in [2.24, 2.45) is 0 Å². The summed E-state index contributed by atoms with van der Waals surface area (Å²) in [5.41, 5.74) is 4.59. The van der Waals surface area contributed by atoms with Gasteiger partial charge in [0.2, 0.25) is 0 Å². The number of hydrogen-bond donors (Lipinski definition) is 1. The molecule has 2 aromatic carbocycles. The monoisotopic (exact) mass is 401 g/mol. The van der Waals surface area contributed by atoms with E-state index in [0.29, 0.717) is 11.3 Å². The van der Waals surface area contributed by atoms with Crippen molar-refractivity contribution in [3.05, 3.63) is 101 Å². The summed E-state index contributed by atoms with van der Waals surface area (Å²) in [4.78, 5) is 31.6. The second-order valence-electron chi connectivity index (χ2n) is 7.23. The predicted molar refractivity (Wildman–Crippen MR) is 113 cm³/mol. The summed E-state index contributed by atoms with van der Waals surface area (Å²) in [7, 11) is 0. The number of anilines is 1. The lowest BCUT2D eigenvalue weighted by atomic mass is 10.0. The molecule has 1 N–H and O–H groups in total. The quantitative estimate of drug-likeness (QED) is 0.650. The summed E-state index contributed by atoms with van der Waals surface area (Å²) in [6.07, 6.45) is 3.23. The van der Waals surface area contributed by atoms with E-state index in [2.05, 4.69) is 10.3 Å². The Bertz CT molecular complexity index is 1150. The lowest BCUT2D eigenvalue weighted by molar-refractivity contribution is -0.137. The van der Waals surface area contributed by atoms with Crippen molar-refractivity contribution in [1.82, 2.24) is 9.88 Å². The summed E-state index contributed by atoms with van der Waals surface area (Å²) >= 11 is 0. The third kappa shape index (κ3) is 3.72. The van der Waals surface area contributed by atoms with Crippen molar-refractivity contribution in [3.63, 3.8) is 0 Å². The van der Waals surface area contributed by atoms with Crippen LogP contribution in [0.5, 0.6) is 0 Å². The smallest absolute Gasteiger partial charge is 0.278 e. The van der Waals surface area contributed by atoms with Gasteiger partial charge in [0.15, 0.2) is 0 Å². The zero-order valence-corrected chi connectivity index (χ0v) is 16.6. The van der Waals surface area contributed by atoms with E-state index in [1.807, 2.05) is 32.0 Å². The Labute approximate surface area is 173 Å². The Hall–Kier alpha value is -3.80. The molecule has 1 aliphatic rings. The number of aromatic nitrogens is 1. The minimum Gasteiger partial charge on any atom is -0.350 e. The first-order chi connectivity index (χ1) is 14.4. The van der Waals surface area contributed by atoms with Crippen LogP contribution < -0.4 is 5.32 Å². The fourth-order valence-electron chi connectivity index (χ4n) is 3.35. The number of halogens is 1. The summed E-state index contributed by atoms with van der Waals surface area (Å²) in [6.45, 7) is 4.11. The molecule has 0 unspecified atom stereocenters. The van der Waals surface area contributed by atoms with Gasteiger partial charge in [-0.3, -0.25) is 19.5 Å². The molecule has 6 heteroatoms. The Balaban J connectivity index is 1.75. The largest absolute Gasteiger partial charge is 0.350 e. The third-order valence-electron chi connectivity index (χ3n) is 5.17. The average molecular weight is 401 g/mol. The number of rotatable bonds is 5. The van der Waals surface area contributed by atoms with Crippen LogP contribution in [-0.4, -0.2) is 21.7 Å². The molecule has 150 valence electrons. The second-order valence-corrected chi connectivity index (χ2v) is 7.23. The number of hydrogen-bond acceptors (Lipinski definition) is 4. The van der Waals surface area contributed by atoms with Crippen LogP contribution in [0.1, 0.15) is 22.3 Å². The standard InChI is InChI=1S/C24H20FN3O2/c1-15-3-8-20(13-16(15)2)27-22-21(18-4-6-19(25)7-5-18)23(29)28(24(22)30)14-17-9-11-26-12-10-17/h3-13,27H,14H2,1-2H3. The maximum atomic E-state index is 13.4. The summed E-state index contributed by atoms with van der Waals surface area (Å²) in [6, 6.07) is 14.8. The van der Waals surface area contributed by atoms with E-state index in [0.717, 1.165) is 16.7 Å². The fourth-order valence-corrected chi connectivity index (χ4v) is 3.35. The first-order valence-corrected chi connectivity index (χ1v) is 9.53. The van der Waals surface area contributed by atoms with E-state index in [-0.39, 0.29) is 17.8 Å². The van der Waals surface area contributed by atoms with Gasteiger partial charge in [-0.1, -0.05) is 18.2 Å². The van der Waals surface area contributed by atoms with Crippen LogP contribution in [0, 0.1) is 19.7 Å². The fraction of sp³-hybridized carbons (Fsp3) is 0.125. The van der Waals surface area contributed by atoms with Gasteiger partial charge in [-0.2, -0.15) is 0 Å². The molecule has 0 bridgehead atoms. The molecule has 0 saturated heterocycles. The molecule has 4 rings (SSSR count). The molecule has 5 nitrogen and oxygen atoms in total. The van der Waals surface area contributed by atoms with Crippen molar-refractivity contribution in [2.75, 3.05) is 5.32 Å². The summed E-state index contributed by atoms with van der Waals surface area (Å²) < 4.78 is 13.4. The normalized spacial score (nSPS) is 13.9. The molecule has 0 saturated carbocycles. The van der Waals surface area contributed by atoms with Crippen LogP contribution in [-0.2, 0) is 16.1 Å². The van der Waals surface area contributed by atoms with E-state index >= 15 is 0 Å². The number of benzene rings is 2.